The average Bonchev–Trinajstić information content (AvgIpc) is 3.09. The van der Waals surface area contributed by atoms with Gasteiger partial charge in [0.15, 0.2) is 11.9 Å². The number of carbonyl (C=O) groups is 1. The maximum Gasteiger partial charge on any atom is 0.170 e. The van der Waals surface area contributed by atoms with E-state index in [1.807, 2.05) is 12.1 Å². The van der Waals surface area contributed by atoms with Gasteiger partial charge in [-0.2, -0.15) is 0 Å². The van der Waals surface area contributed by atoms with Gasteiger partial charge in [0.1, 0.15) is 17.3 Å². The smallest absolute Gasteiger partial charge is 0.170 e. The third kappa shape index (κ3) is 3.26. The van der Waals surface area contributed by atoms with Crippen molar-refractivity contribution >= 4 is 17.8 Å². The molecule has 146 valence electrons. The number of imidazole rings is 1. The van der Waals surface area contributed by atoms with E-state index in [1.54, 1.807) is 17.5 Å². The van der Waals surface area contributed by atoms with Crippen LogP contribution in [0.5, 0.6) is 0 Å². The number of halogens is 1. The number of fused-ring (bicyclic) bond motifs is 1. The zero-order valence-corrected chi connectivity index (χ0v) is 16.1. The predicted molar refractivity (Wildman–Crippen MR) is 105 cm³/mol. The number of ether oxygens (including phenoxy) is 1. The molecule has 3 heterocycles. The number of benzene rings is 1. The molecule has 0 N–H and O–H groups in total. The zero-order chi connectivity index (χ0) is 19.7. The van der Waals surface area contributed by atoms with Gasteiger partial charge < -0.3 is 9.64 Å². The Morgan fingerprint density at radius 2 is 2.04 bits per heavy atom. The highest BCUT2D eigenvalue weighted by atomic mass is 19.1. The second-order valence-electron chi connectivity index (χ2n) is 6.98. The molecular weight excluding hydrogens is 359 g/mol. The number of aldehydes is 1. The Balaban J connectivity index is 1.86. The minimum absolute atomic E-state index is 0.254. The number of carbonyl (C=O) groups excluding carboxylic acids is 1. The summed E-state index contributed by atoms with van der Waals surface area (Å²) in [4.78, 5) is 18.4. The van der Waals surface area contributed by atoms with Crippen LogP contribution in [0.3, 0.4) is 0 Å². The van der Waals surface area contributed by atoms with Crippen LogP contribution in [-0.2, 0) is 17.6 Å². The van der Waals surface area contributed by atoms with Crippen molar-refractivity contribution in [2.24, 2.45) is 0 Å². The zero-order valence-electron chi connectivity index (χ0n) is 16.1. The quantitative estimate of drug-likeness (QED) is 0.635. The first kappa shape index (κ1) is 18.6. The highest BCUT2D eigenvalue weighted by Crippen LogP contribution is 2.24. The fourth-order valence-electron chi connectivity index (χ4n) is 3.62. The Hall–Kier alpha value is -2.80. The molecule has 0 bridgehead atoms. The first-order valence-electron chi connectivity index (χ1n) is 9.55. The lowest BCUT2D eigenvalue weighted by Crippen LogP contribution is -2.37. The van der Waals surface area contributed by atoms with Crippen molar-refractivity contribution in [2.45, 2.75) is 26.7 Å². The van der Waals surface area contributed by atoms with Crippen LogP contribution in [0.25, 0.3) is 5.65 Å². The molecular formula is C21H23FN4O2. The Morgan fingerprint density at radius 3 is 2.75 bits per heavy atom. The Labute approximate surface area is 162 Å². The summed E-state index contributed by atoms with van der Waals surface area (Å²) in [7, 11) is 0. The van der Waals surface area contributed by atoms with E-state index < -0.39 is 0 Å². The van der Waals surface area contributed by atoms with Crippen LogP contribution in [0.1, 0.15) is 39.8 Å². The summed E-state index contributed by atoms with van der Waals surface area (Å²) in [5.41, 5.74) is 4.15. The van der Waals surface area contributed by atoms with Crippen molar-refractivity contribution in [3.8, 4) is 0 Å². The number of hydrogen-bond acceptors (Lipinski definition) is 5. The largest absolute Gasteiger partial charge is 0.378 e. The fraction of sp³-hybridized carbons (Fsp3) is 0.381. The van der Waals surface area contributed by atoms with Gasteiger partial charge in [-0.05, 0) is 36.6 Å². The van der Waals surface area contributed by atoms with Gasteiger partial charge >= 0.3 is 0 Å². The number of rotatable bonds is 5. The molecule has 1 saturated heterocycles. The topological polar surface area (TPSA) is 59.7 Å². The number of nitrogens with zero attached hydrogens (tertiary/aromatic N) is 4. The molecule has 1 aliphatic rings. The molecule has 0 aliphatic carbocycles. The molecule has 0 unspecified atom stereocenters. The van der Waals surface area contributed by atoms with Gasteiger partial charge in [-0.25, -0.2) is 13.9 Å². The molecule has 0 spiro atoms. The van der Waals surface area contributed by atoms with Gasteiger partial charge in [0, 0.05) is 25.1 Å². The highest BCUT2D eigenvalue weighted by molar-refractivity contribution is 5.77. The van der Waals surface area contributed by atoms with Gasteiger partial charge in [0.2, 0.25) is 0 Å². The SMILES string of the molecule is CCc1cc(N2CCOCC2)nn2c(Cc3cccc(F)c3C)c(C=O)nc12. The minimum Gasteiger partial charge on any atom is -0.378 e. The lowest BCUT2D eigenvalue weighted by molar-refractivity contribution is 0.111. The van der Waals surface area contributed by atoms with Crippen LogP contribution in [0.4, 0.5) is 10.2 Å². The summed E-state index contributed by atoms with van der Waals surface area (Å²) < 4.78 is 21.2. The third-order valence-corrected chi connectivity index (χ3v) is 5.34. The summed E-state index contributed by atoms with van der Waals surface area (Å²) in [6.07, 6.45) is 1.92. The van der Waals surface area contributed by atoms with Gasteiger partial charge in [0.05, 0.1) is 18.9 Å². The molecule has 4 rings (SSSR count). The number of aryl methyl sites for hydroxylation is 1. The van der Waals surface area contributed by atoms with Crippen molar-refractivity contribution in [2.75, 3.05) is 31.2 Å². The number of anilines is 1. The lowest BCUT2D eigenvalue weighted by atomic mass is 10.0. The molecule has 7 heteroatoms. The van der Waals surface area contributed by atoms with E-state index in [-0.39, 0.29) is 5.82 Å². The van der Waals surface area contributed by atoms with E-state index in [4.69, 9.17) is 9.84 Å². The fourth-order valence-corrected chi connectivity index (χ4v) is 3.62. The maximum absolute atomic E-state index is 14.0. The van der Waals surface area contributed by atoms with E-state index >= 15 is 0 Å². The third-order valence-electron chi connectivity index (χ3n) is 5.34. The summed E-state index contributed by atoms with van der Waals surface area (Å²) in [5, 5.41) is 4.80. The van der Waals surface area contributed by atoms with Crippen molar-refractivity contribution in [3.05, 3.63) is 58.2 Å². The van der Waals surface area contributed by atoms with Crippen LogP contribution < -0.4 is 4.90 Å². The molecule has 0 saturated carbocycles. The van der Waals surface area contributed by atoms with Crippen molar-refractivity contribution in [1.29, 1.82) is 0 Å². The van der Waals surface area contributed by atoms with Gasteiger partial charge in [-0.3, -0.25) is 4.79 Å². The summed E-state index contributed by atoms with van der Waals surface area (Å²) >= 11 is 0. The van der Waals surface area contributed by atoms with Crippen molar-refractivity contribution in [1.82, 2.24) is 14.6 Å². The van der Waals surface area contributed by atoms with Gasteiger partial charge in [-0.1, -0.05) is 19.1 Å². The maximum atomic E-state index is 14.0. The van der Waals surface area contributed by atoms with Crippen LogP contribution in [-0.4, -0.2) is 47.2 Å². The van der Waals surface area contributed by atoms with Crippen LogP contribution in [0, 0.1) is 12.7 Å². The highest BCUT2D eigenvalue weighted by Gasteiger charge is 2.20. The molecule has 2 aromatic heterocycles. The average molecular weight is 382 g/mol. The van der Waals surface area contributed by atoms with Crippen LogP contribution in [0.2, 0.25) is 0 Å². The van der Waals surface area contributed by atoms with E-state index in [0.717, 1.165) is 42.7 Å². The second kappa shape index (κ2) is 7.67. The predicted octanol–water partition coefficient (Wildman–Crippen LogP) is 2.98. The lowest BCUT2D eigenvalue weighted by Gasteiger charge is -2.28. The molecule has 6 nitrogen and oxygen atoms in total. The van der Waals surface area contributed by atoms with E-state index in [2.05, 4.69) is 16.8 Å². The van der Waals surface area contributed by atoms with E-state index in [1.165, 1.54) is 6.07 Å². The van der Waals surface area contributed by atoms with Crippen LogP contribution >= 0.6 is 0 Å². The summed E-state index contributed by atoms with van der Waals surface area (Å²) in [5.74, 6) is 0.592. The first-order chi connectivity index (χ1) is 13.6. The van der Waals surface area contributed by atoms with E-state index in [9.17, 15) is 9.18 Å². The molecule has 0 amide bonds. The Bertz CT molecular complexity index is 1020. The summed E-state index contributed by atoms with van der Waals surface area (Å²) in [6, 6.07) is 7.04. The molecule has 1 aliphatic heterocycles. The van der Waals surface area contributed by atoms with Gasteiger partial charge in [-0.15, -0.1) is 5.10 Å². The molecule has 1 fully saturated rings. The molecule has 0 atom stereocenters. The first-order valence-corrected chi connectivity index (χ1v) is 9.55. The van der Waals surface area contributed by atoms with Crippen LogP contribution in [0.15, 0.2) is 24.3 Å². The van der Waals surface area contributed by atoms with Crippen molar-refractivity contribution in [3.63, 3.8) is 0 Å². The monoisotopic (exact) mass is 382 g/mol. The Morgan fingerprint density at radius 1 is 1.25 bits per heavy atom. The van der Waals surface area contributed by atoms with E-state index in [0.29, 0.717) is 42.2 Å². The number of morpholine rings is 1. The Kier molecular flexibility index (Phi) is 5.09. The standard InChI is InChI=1S/C21H23FN4O2/c1-3-15-12-20(25-7-9-28-10-8-25)24-26-19(18(13-27)23-21(15)26)11-16-5-4-6-17(22)14(16)2/h4-6,12-13H,3,7-11H2,1-2H3. The molecule has 0 radical (unpaired) electrons. The second-order valence-corrected chi connectivity index (χ2v) is 6.98. The summed E-state index contributed by atoms with van der Waals surface area (Å²) in [6.45, 7) is 6.69. The normalized spacial score (nSPS) is 14.6. The molecule has 28 heavy (non-hydrogen) atoms. The molecule has 3 aromatic rings. The number of hydrogen-bond donors (Lipinski definition) is 0. The number of aromatic nitrogens is 3. The minimum atomic E-state index is -0.254. The van der Waals surface area contributed by atoms with Gasteiger partial charge in [0.25, 0.3) is 0 Å². The van der Waals surface area contributed by atoms with Crippen molar-refractivity contribution < 1.29 is 13.9 Å². The molecule has 1 aromatic carbocycles.